The topological polar surface area (TPSA) is 55.1 Å². The predicted molar refractivity (Wildman–Crippen MR) is 85.4 cm³/mol. The SMILES string of the molecule is CNC(C)(CCCCSc1ccc(Br)cc1)C(N)=O. The number of hydrogen-bond donors (Lipinski definition) is 2. The van der Waals surface area contributed by atoms with Crippen molar-refractivity contribution >= 4 is 33.6 Å². The van der Waals surface area contributed by atoms with Crippen LogP contribution < -0.4 is 11.1 Å². The fourth-order valence-electron chi connectivity index (χ4n) is 1.67. The average Bonchev–Trinajstić information content (AvgIpc) is 2.40. The Labute approximate surface area is 127 Å². The molecule has 106 valence electrons. The van der Waals surface area contributed by atoms with Gasteiger partial charge in [-0.2, -0.15) is 0 Å². The van der Waals surface area contributed by atoms with Crippen LogP contribution in [0.2, 0.25) is 0 Å². The van der Waals surface area contributed by atoms with Crippen LogP contribution in [0.1, 0.15) is 26.2 Å². The maximum atomic E-state index is 11.3. The van der Waals surface area contributed by atoms with Crippen LogP contribution in [0.25, 0.3) is 0 Å². The molecule has 1 amide bonds. The molecule has 0 saturated heterocycles. The van der Waals surface area contributed by atoms with Crippen molar-refractivity contribution in [1.82, 2.24) is 5.32 Å². The number of hydrogen-bond acceptors (Lipinski definition) is 3. The third-order valence-corrected chi connectivity index (χ3v) is 4.88. The molecule has 0 heterocycles. The maximum absolute atomic E-state index is 11.3. The van der Waals surface area contributed by atoms with E-state index >= 15 is 0 Å². The Kier molecular flexibility index (Phi) is 6.89. The number of halogens is 1. The number of likely N-dealkylation sites (N-methyl/N-ethyl adjacent to an activating group) is 1. The molecule has 0 radical (unpaired) electrons. The lowest BCUT2D eigenvalue weighted by molar-refractivity contribution is -0.123. The van der Waals surface area contributed by atoms with Gasteiger partial charge in [0.2, 0.25) is 5.91 Å². The number of thioether (sulfide) groups is 1. The number of nitrogens with one attached hydrogen (secondary N) is 1. The predicted octanol–water partition coefficient (Wildman–Crippen LogP) is 3.17. The highest BCUT2D eigenvalue weighted by molar-refractivity contribution is 9.10. The lowest BCUT2D eigenvalue weighted by atomic mass is 9.94. The van der Waals surface area contributed by atoms with Crippen LogP contribution in [-0.2, 0) is 4.79 Å². The van der Waals surface area contributed by atoms with E-state index in [0.29, 0.717) is 0 Å². The van der Waals surface area contributed by atoms with Crippen LogP contribution in [0.3, 0.4) is 0 Å². The summed E-state index contributed by atoms with van der Waals surface area (Å²) in [7, 11) is 1.78. The lowest BCUT2D eigenvalue weighted by Crippen LogP contribution is -2.51. The summed E-state index contributed by atoms with van der Waals surface area (Å²) in [4.78, 5) is 12.6. The number of nitrogens with two attached hydrogens (primary N) is 1. The molecule has 3 nitrogen and oxygen atoms in total. The van der Waals surface area contributed by atoms with Crippen LogP contribution in [0.4, 0.5) is 0 Å². The molecule has 3 N–H and O–H groups in total. The van der Waals surface area contributed by atoms with Crippen LogP contribution in [-0.4, -0.2) is 24.2 Å². The van der Waals surface area contributed by atoms with Crippen molar-refractivity contribution in [2.45, 2.75) is 36.6 Å². The zero-order valence-electron chi connectivity index (χ0n) is 11.4. The van der Waals surface area contributed by atoms with Gasteiger partial charge in [-0.3, -0.25) is 4.79 Å². The summed E-state index contributed by atoms with van der Waals surface area (Å²) in [6.45, 7) is 1.86. The van der Waals surface area contributed by atoms with Gasteiger partial charge >= 0.3 is 0 Å². The number of unbranched alkanes of at least 4 members (excludes halogenated alkanes) is 1. The normalized spacial score (nSPS) is 14.1. The highest BCUT2D eigenvalue weighted by Gasteiger charge is 2.27. The molecule has 0 aromatic heterocycles. The highest BCUT2D eigenvalue weighted by Crippen LogP contribution is 2.22. The molecule has 1 aromatic carbocycles. The van der Waals surface area contributed by atoms with Gasteiger partial charge in [-0.15, -0.1) is 11.8 Å². The Morgan fingerprint density at radius 1 is 1.37 bits per heavy atom. The van der Waals surface area contributed by atoms with Gasteiger partial charge < -0.3 is 11.1 Å². The Morgan fingerprint density at radius 3 is 2.53 bits per heavy atom. The maximum Gasteiger partial charge on any atom is 0.237 e. The van der Waals surface area contributed by atoms with Crippen LogP contribution >= 0.6 is 27.7 Å². The summed E-state index contributed by atoms with van der Waals surface area (Å²) >= 11 is 5.26. The highest BCUT2D eigenvalue weighted by atomic mass is 79.9. The van der Waals surface area contributed by atoms with Gasteiger partial charge in [-0.05, 0) is 56.8 Å². The van der Waals surface area contributed by atoms with Crippen molar-refractivity contribution in [2.24, 2.45) is 5.73 Å². The molecule has 1 atom stereocenters. The minimum atomic E-state index is -0.581. The van der Waals surface area contributed by atoms with Crippen molar-refractivity contribution in [3.63, 3.8) is 0 Å². The van der Waals surface area contributed by atoms with E-state index in [0.717, 1.165) is 29.5 Å². The molecule has 0 aliphatic rings. The number of rotatable bonds is 8. The monoisotopic (exact) mass is 344 g/mol. The Balaban J connectivity index is 2.24. The minimum absolute atomic E-state index is 0.282. The summed E-state index contributed by atoms with van der Waals surface area (Å²) in [5.41, 5.74) is 4.81. The van der Waals surface area contributed by atoms with Crippen molar-refractivity contribution in [1.29, 1.82) is 0 Å². The molecular formula is C14H21BrN2OS. The minimum Gasteiger partial charge on any atom is -0.368 e. The summed E-state index contributed by atoms with van der Waals surface area (Å²) < 4.78 is 1.10. The van der Waals surface area contributed by atoms with E-state index in [4.69, 9.17) is 5.73 Å². The summed E-state index contributed by atoms with van der Waals surface area (Å²) in [6, 6.07) is 8.31. The number of primary amides is 1. The second kappa shape index (κ2) is 7.92. The van der Waals surface area contributed by atoms with E-state index < -0.39 is 5.54 Å². The second-order valence-corrected chi connectivity index (χ2v) is 6.79. The number of amides is 1. The largest absolute Gasteiger partial charge is 0.368 e. The number of benzene rings is 1. The van der Waals surface area contributed by atoms with Gasteiger partial charge in [0, 0.05) is 9.37 Å². The molecule has 1 rings (SSSR count). The summed E-state index contributed by atoms with van der Waals surface area (Å²) in [5, 5.41) is 3.01. The van der Waals surface area contributed by atoms with E-state index in [1.165, 1.54) is 4.90 Å². The average molecular weight is 345 g/mol. The molecule has 0 aliphatic carbocycles. The summed E-state index contributed by atoms with van der Waals surface area (Å²) in [5.74, 6) is 0.774. The second-order valence-electron chi connectivity index (χ2n) is 4.71. The number of carbonyl (C=O) groups is 1. The standard InChI is InChI=1S/C14H21BrN2OS/c1-14(17-2,13(16)18)9-3-4-10-19-12-7-5-11(15)6-8-12/h5-8,17H,3-4,9-10H2,1-2H3,(H2,16,18). The van der Waals surface area contributed by atoms with E-state index in [1.54, 1.807) is 7.05 Å². The Bertz CT molecular complexity index is 410. The zero-order valence-corrected chi connectivity index (χ0v) is 13.8. The summed E-state index contributed by atoms with van der Waals surface area (Å²) in [6.07, 6.45) is 2.84. The molecule has 1 aromatic rings. The van der Waals surface area contributed by atoms with Crippen LogP contribution in [0, 0.1) is 0 Å². The number of carbonyl (C=O) groups excluding carboxylic acids is 1. The molecule has 5 heteroatoms. The molecule has 0 fully saturated rings. The van der Waals surface area contributed by atoms with E-state index in [2.05, 4.69) is 33.4 Å². The van der Waals surface area contributed by atoms with Crippen molar-refractivity contribution in [2.75, 3.05) is 12.8 Å². The third-order valence-electron chi connectivity index (χ3n) is 3.25. The quantitative estimate of drug-likeness (QED) is 0.562. The van der Waals surface area contributed by atoms with Gasteiger partial charge in [-0.1, -0.05) is 22.4 Å². The first-order valence-corrected chi connectivity index (χ1v) is 8.13. The van der Waals surface area contributed by atoms with Crippen molar-refractivity contribution < 1.29 is 4.79 Å². The molecule has 1 unspecified atom stereocenters. The first kappa shape index (κ1) is 16.5. The van der Waals surface area contributed by atoms with E-state index in [-0.39, 0.29) is 5.91 Å². The molecule has 0 bridgehead atoms. The van der Waals surface area contributed by atoms with Gasteiger partial charge in [0.1, 0.15) is 0 Å². The third kappa shape index (κ3) is 5.55. The van der Waals surface area contributed by atoms with Gasteiger partial charge in [0.15, 0.2) is 0 Å². The fourth-order valence-corrected chi connectivity index (χ4v) is 2.85. The van der Waals surface area contributed by atoms with Crippen LogP contribution in [0.5, 0.6) is 0 Å². The molecule has 0 aliphatic heterocycles. The molecule has 0 saturated carbocycles. The Morgan fingerprint density at radius 2 is 2.00 bits per heavy atom. The van der Waals surface area contributed by atoms with Crippen molar-refractivity contribution in [3.8, 4) is 0 Å². The van der Waals surface area contributed by atoms with E-state index in [9.17, 15) is 4.79 Å². The lowest BCUT2D eigenvalue weighted by Gasteiger charge is -2.25. The smallest absolute Gasteiger partial charge is 0.237 e. The zero-order chi connectivity index (χ0) is 14.3. The molecule has 0 spiro atoms. The van der Waals surface area contributed by atoms with E-state index in [1.807, 2.05) is 30.8 Å². The van der Waals surface area contributed by atoms with Crippen molar-refractivity contribution in [3.05, 3.63) is 28.7 Å². The first-order valence-electron chi connectivity index (χ1n) is 6.35. The van der Waals surface area contributed by atoms with Gasteiger partial charge in [0.05, 0.1) is 5.54 Å². The van der Waals surface area contributed by atoms with Gasteiger partial charge in [0.25, 0.3) is 0 Å². The Hall–Kier alpha value is -0.520. The first-order chi connectivity index (χ1) is 8.98. The van der Waals surface area contributed by atoms with Crippen LogP contribution in [0.15, 0.2) is 33.6 Å². The fraction of sp³-hybridized carbons (Fsp3) is 0.500. The van der Waals surface area contributed by atoms with Gasteiger partial charge in [-0.25, -0.2) is 0 Å². The molecular weight excluding hydrogens is 324 g/mol. The molecule has 19 heavy (non-hydrogen) atoms.